The predicted molar refractivity (Wildman–Crippen MR) is 122 cm³/mol. The highest BCUT2D eigenvalue weighted by Gasteiger charge is 2.16. The maximum absolute atomic E-state index is 11.6. The second-order valence-electron chi connectivity index (χ2n) is 7.00. The number of halogens is 1. The molecule has 1 aliphatic rings. The number of aliphatic imine (C=N–C) groups is 1. The molecule has 8 heteroatoms. The van der Waals surface area contributed by atoms with E-state index in [9.17, 15) is 4.79 Å². The summed E-state index contributed by atoms with van der Waals surface area (Å²) in [6.07, 6.45) is 0.779. The molecule has 160 valence electrons. The summed E-state index contributed by atoms with van der Waals surface area (Å²) in [5.74, 6) is 1.55. The standard InChI is InChI=1S/C22H28ClN5O2/c1-24-22(26-10-9-17-5-8-19(30-2)13-20(17)23)27-14-16-3-6-18(7-4-16)28-12-11-25-21(29)15-28/h3-8,13H,9-12,14-15H2,1-2H3,(H,25,29)(H2,24,26,27). The molecule has 0 aromatic heterocycles. The molecule has 3 rings (SSSR count). The molecular formula is C22H28ClN5O2. The fourth-order valence-electron chi connectivity index (χ4n) is 3.26. The van der Waals surface area contributed by atoms with E-state index >= 15 is 0 Å². The van der Waals surface area contributed by atoms with E-state index in [4.69, 9.17) is 16.3 Å². The molecule has 1 heterocycles. The van der Waals surface area contributed by atoms with Gasteiger partial charge in [-0.25, -0.2) is 0 Å². The lowest BCUT2D eigenvalue weighted by atomic mass is 10.1. The van der Waals surface area contributed by atoms with Gasteiger partial charge in [-0.05, 0) is 41.8 Å². The first-order valence-corrected chi connectivity index (χ1v) is 10.3. The van der Waals surface area contributed by atoms with E-state index in [0.717, 1.165) is 41.5 Å². The van der Waals surface area contributed by atoms with Gasteiger partial charge in [-0.1, -0.05) is 29.8 Å². The minimum atomic E-state index is 0.0674. The first kappa shape index (κ1) is 21.8. The highest BCUT2D eigenvalue weighted by Crippen LogP contribution is 2.22. The first-order valence-electron chi connectivity index (χ1n) is 9.96. The van der Waals surface area contributed by atoms with Crippen LogP contribution in [0.15, 0.2) is 47.5 Å². The maximum atomic E-state index is 11.6. The van der Waals surface area contributed by atoms with Crippen LogP contribution in [-0.4, -0.2) is 52.2 Å². The van der Waals surface area contributed by atoms with Crippen LogP contribution in [0.2, 0.25) is 5.02 Å². The average Bonchev–Trinajstić information content (AvgIpc) is 2.77. The maximum Gasteiger partial charge on any atom is 0.239 e. The molecule has 0 atom stereocenters. The third kappa shape index (κ3) is 6.03. The lowest BCUT2D eigenvalue weighted by Crippen LogP contribution is -2.47. The second kappa shape index (κ2) is 10.7. The number of anilines is 1. The molecule has 0 aliphatic carbocycles. The topological polar surface area (TPSA) is 78.0 Å². The summed E-state index contributed by atoms with van der Waals surface area (Å²) < 4.78 is 5.18. The van der Waals surface area contributed by atoms with Crippen LogP contribution in [-0.2, 0) is 17.8 Å². The number of nitrogens with one attached hydrogen (secondary N) is 3. The summed E-state index contributed by atoms with van der Waals surface area (Å²) in [5.41, 5.74) is 3.26. The first-order chi connectivity index (χ1) is 14.6. The number of nitrogens with zero attached hydrogens (tertiary/aromatic N) is 2. The third-order valence-corrected chi connectivity index (χ3v) is 5.32. The van der Waals surface area contributed by atoms with Gasteiger partial charge in [0, 0.05) is 43.9 Å². The summed E-state index contributed by atoms with van der Waals surface area (Å²) in [6.45, 7) is 3.29. The van der Waals surface area contributed by atoms with Gasteiger partial charge in [0.25, 0.3) is 0 Å². The Hall–Kier alpha value is -2.93. The van der Waals surface area contributed by atoms with E-state index in [0.29, 0.717) is 31.2 Å². The van der Waals surface area contributed by atoms with Crippen molar-refractivity contribution >= 4 is 29.2 Å². The molecule has 0 spiro atoms. The second-order valence-corrected chi connectivity index (χ2v) is 7.41. The van der Waals surface area contributed by atoms with Crippen LogP contribution in [0.3, 0.4) is 0 Å². The number of methoxy groups -OCH3 is 1. The normalized spacial score (nSPS) is 14.3. The molecule has 1 fully saturated rings. The SMILES string of the molecule is CN=C(NCCc1ccc(OC)cc1Cl)NCc1ccc(N2CCNC(=O)C2)cc1. The molecule has 30 heavy (non-hydrogen) atoms. The zero-order valence-corrected chi connectivity index (χ0v) is 18.1. The Morgan fingerprint density at radius 2 is 2.03 bits per heavy atom. The van der Waals surface area contributed by atoms with Crippen molar-refractivity contribution in [3.63, 3.8) is 0 Å². The van der Waals surface area contributed by atoms with Crippen LogP contribution in [0.4, 0.5) is 5.69 Å². The predicted octanol–water partition coefficient (Wildman–Crippen LogP) is 2.19. The Balaban J connectivity index is 1.45. The van der Waals surface area contributed by atoms with Crippen LogP contribution in [0.25, 0.3) is 0 Å². The number of ether oxygens (including phenoxy) is 1. The lowest BCUT2D eigenvalue weighted by molar-refractivity contribution is -0.120. The Morgan fingerprint density at radius 3 is 2.70 bits per heavy atom. The molecular weight excluding hydrogens is 402 g/mol. The van der Waals surface area contributed by atoms with Gasteiger partial charge in [0.15, 0.2) is 5.96 Å². The molecule has 1 aliphatic heterocycles. The van der Waals surface area contributed by atoms with E-state index in [-0.39, 0.29) is 5.91 Å². The van der Waals surface area contributed by atoms with Crippen molar-refractivity contribution in [1.29, 1.82) is 0 Å². The number of hydrogen-bond donors (Lipinski definition) is 3. The van der Waals surface area contributed by atoms with Crippen molar-refractivity contribution in [3.8, 4) is 5.75 Å². The monoisotopic (exact) mass is 429 g/mol. The van der Waals surface area contributed by atoms with Gasteiger partial charge < -0.3 is 25.6 Å². The largest absolute Gasteiger partial charge is 0.497 e. The number of guanidine groups is 1. The van der Waals surface area contributed by atoms with Crippen molar-refractivity contribution in [2.75, 3.05) is 45.2 Å². The van der Waals surface area contributed by atoms with Crippen LogP contribution >= 0.6 is 11.6 Å². The quantitative estimate of drug-likeness (QED) is 0.464. The summed E-state index contributed by atoms with van der Waals surface area (Å²) >= 11 is 6.30. The number of carbonyl (C=O) groups excluding carboxylic acids is 1. The third-order valence-electron chi connectivity index (χ3n) is 4.97. The van der Waals surface area contributed by atoms with Crippen molar-refractivity contribution in [1.82, 2.24) is 16.0 Å². The molecule has 1 amide bonds. The highest BCUT2D eigenvalue weighted by atomic mass is 35.5. The molecule has 0 saturated carbocycles. The Kier molecular flexibility index (Phi) is 7.79. The van der Waals surface area contributed by atoms with Crippen molar-refractivity contribution in [2.45, 2.75) is 13.0 Å². The molecule has 1 saturated heterocycles. The fourth-order valence-corrected chi connectivity index (χ4v) is 3.53. The van der Waals surface area contributed by atoms with Gasteiger partial charge in [0.05, 0.1) is 13.7 Å². The molecule has 2 aromatic rings. The molecule has 0 bridgehead atoms. The highest BCUT2D eigenvalue weighted by molar-refractivity contribution is 6.31. The number of benzene rings is 2. The van der Waals surface area contributed by atoms with Crippen molar-refractivity contribution in [3.05, 3.63) is 58.6 Å². The fraction of sp³-hybridized carbons (Fsp3) is 0.364. The molecule has 2 aromatic carbocycles. The Bertz CT molecular complexity index is 886. The summed E-state index contributed by atoms with van der Waals surface area (Å²) in [6, 6.07) is 14.0. The Morgan fingerprint density at radius 1 is 1.23 bits per heavy atom. The summed E-state index contributed by atoms with van der Waals surface area (Å²) in [4.78, 5) is 17.9. The van der Waals surface area contributed by atoms with E-state index in [1.165, 1.54) is 0 Å². The van der Waals surface area contributed by atoms with Crippen molar-refractivity contribution < 1.29 is 9.53 Å². The van der Waals surface area contributed by atoms with Gasteiger partial charge in [-0.15, -0.1) is 0 Å². The minimum absolute atomic E-state index is 0.0674. The molecule has 3 N–H and O–H groups in total. The van der Waals surface area contributed by atoms with Gasteiger partial charge in [0.1, 0.15) is 5.75 Å². The number of rotatable bonds is 7. The van der Waals surface area contributed by atoms with E-state index in [2.05, 4.69) is 50.1 Å². The lowest BCUT2D eigenvalue weighted by Gasteiger charge is -2.28. The van der Waals surface area contributed by atoms with Crippen LogP contribution < -0.4 is 25.6 Å². The number of amides is 1. The molecule has 7 nitrogen and oxygen atoms in total. The van der Waals surface area contributed by atoms with Gasteiger partial charge in [-0.2, -0.15) is 0 Å². The Labute approximate surface area is 182 Å². The molecule has 0 unspecified atom stereocenters. The van der Waals surface area contributed by atoms with Crippen LogP contribution in [0.5, 0.6) is 5.75 Å². The van der Waals surface area contributed by atoms with E-state index in [1.54, 1.807) is 14.2 Å². The van der Waals surface area contributed by atoms with E-state index < -0.39 is 0 Å². The molecule has 0 radical (unpaired) electrons. The minimum Gasteiger partial charge on any atom is -0.497 e. The zero-order chi connectivity index (χ0) is 21.3. The van der Waals surface area contributed by atoms with Crippen LogP contribution in [0, 0.1) is 0 Å². The van der Waals surface area contributed by atoms with Crippen molar-refractivity contribution in [2.24, 2.45) is 4.99 Å². The van der Waals surface area contributed by atoms with Gasteiger partial charge >= 0.3 is 0 Å². The summed E-state index contributed by atoms with van der Waals surface area (Å²) in [5, 5.41) is 10.2. The number of piperazine rings is 1. The number of hydrogen-bond acceptors (Lipinski definition) is 4. The smallest absolute Gasteiger partial charge is 0.239 e. The summed E-state index contributed by atoms with van der Waals surface area (Å²) in [7, 11) is 3.38. The number of carbonyl (C=O) groups is 1. The zero-order valence-electron chi connectivity index (χ0n) is 17.4. The average molecular weight is 430 g/mol. The van der Waals surface area contributed by atoms with E-state index in [1.807, 2.05) is 18.2 Å². The van der Waals surface area contributed by atoms with Crippen LogP contribution in [0.1, 0.15) is 11.1 Å². The van der Waals surface area contributed by atoms with Gasteiger partial charge in [-0.3, -0.25) is 9.79 Å². The van der Waals surface area contributed by atoms with Gasteiger partial charge in [0.2, 0.25) is 5.91 Å².